The summed E-state index contributed by atoms with van der Waals surface area (Å²) in [5, 5.41) is 0.772. The van der Waals surface area contributed by atoms with Gasteiger partial charge in [0, 0.05) is 23.9 Å². The minimum Gasteiger partial charge on any atom is -0.489 e. The lowest BCUT2D eigenvalue weighted by Crippen LogP contribution is -2.28. The minimum atomic E-state index is -0.525. The van der Waals surface area contributed by atoms with Crippen molar-refractivity contribution in [1.29, 1.82) is 0 Å². The van der Waals surface area contributed by atoms with Gasteiger partial charge in [0.25, 0.3) is 0 Å². The zero-order valence-electron chi connectivity index (χ0n) is 18.0. The molecule has 0 aliphatic rings. The third-order valence-electron chi connectivity index (χ3n) is 5.41. The number of benzene rings is 2. The zero-order chi connectivity index (χ0) is 21.5. The molecular formula is C25H30FNO3. The Morgan fingerprint density at radius 1 is 1.10 bits per heavy atom. The summed E-state index contributed by atoms with van der Waals surface area (Å²) in [6, 6.07) is 11.9. The van der Waals surface area contributed by atoms with Crippen LogP contribution in [0.4, 0.5) is 4.39 Å². The fourth-order valence-electron chi connectivity index (χ4n) is 3.59. The molecule has 0 unspecified atom stereocenters. The van der Waals surface area contributed by atoms with Crippen molar-refractivity contribution in [2.75, 3.05) is 26.2 Å². The Morgan fingerprint density at radius 3 is 2.57 bits per heavy atom. The number of hydrogen-bond donors (Lipinski definition) is 0. The summed E-state index contributed by atoms with van der Waals surface area (Å²) >= 11 is 0. The van der Waals surface area contributed by atoms with Crippen molar-refractivity contribution in [3.8, 4) is 5.75 Å². The average Bonchev–Trinajstić information content (AvgIpc) is 3.14. The van der Waals surface area contributed by atoms with Gasteiger partial charge in [0.05, 0.1) is 5.56 Å². The monoisotopic (exact) mass is 411 g/mol. The highest BCUT2D eigenvalue weighted by atomic mass is 19.1. The SMILES string of the molecule is CCCCc1oc2ccccc2c1C(=O)c1ccc(OCCN(CC)CC)c(F)c1. The number of unbranched alkanes of at least 4 members (excludes halogenated alkanes) is 1. The van der Waals surface area contributed by atoms with Crippen LogP contribution in [-0.4, -0.2) is 36.9 Å². The lowest BCUT2D eigenvalue weighted by molar-refractivity contribution is 0.103. The third-order valence-corrected chi connectivity index (χ3v) is 5.41. The molecule has 0 aliphatic heterocycles. The van der Waals surface area contributed by atoms with Crippen LogP contribution in [0.5, 0.6) is 5.75 Å². The van der Waals surface area contributed by atoms with Crippen LogP contribution in [0, 0.1) is 5.82 Å². The van der Waals surface area contributed by atoms with Crippen LogP contribution in [0.1, 0.15) is 55.3 Å². The number of furan rings is 1. The summed E-state index contributed by atoms with van der Waals surface area (Å²) < 4.78 is 26.2. The number of fused-ring (bicyclic) bond motifs is 1. The fraction of sp³-hybridized carbons (Fsp3) is 0.400. The normalized spacial score (nSPS) is 11.4. The van der Waals surface area contributed by atoms with Crippen LogP contribution in [0.2, 0.25) is 0 Å². The van der Waals surface area contributed by atoms with E-state index in [-0.39, 0.29) is 11.5 Å². The molecule has 0 atom stereocenters. The molecule has 0 spiro atoms. The number of para-hydroxylation sites is 1. The lowest BCUT2D eigenvalue weighted by atomic mass is 9.98. The van der Waals surface area contributed by atoms with E-state index in [2.05, 4.69) is 25.7 Å². The Bertz CT molecular complexity index is 991. The molecule has 0 saturated carbocycles. The highest BCUT2D eigenvalue weighted by Crippen LogP contribution is 2.30. The molecule has 3 aromatic rings. The average molecular weight is 412 g/mol. The topological polar surface area (TPSA) is 42.7 Å². The molecule has 30 heavy (non-hydrogen) atoms. The van der Waals surface area contributed by atoms with Gasteiger partial charge in [-0.25, -0.2) is 4.39 Å². The molecule has 1 aromatic heterocycles. The number of hydrogen-bond acceptors (Lipinski definition) is 4. The van der Waals surface area contributed by atoms with Crippen molar-refractivity contribution in [2.24, 2.45) is 0 Å². The Hall–Kier alpha value is -2.66. The van der Waals surface area contributed by atoms with E-state index in [4.69, 9.17) is 9.15 Å². The van der Waals surface area contributed by atoms with E-state index in [1.165, 1.54) is 6.07 Å². The Kier molecular flexibility index (Phi) is 7.63. The van der Waals surface area contributed by atoms with Crippen molar-refractivity contribution < 1.29 is 18.3 Å². The predicted molar refractivity (Wildman–Crippen MR) is 118 cm³/mol. The molecule has 0 radical (unpaired) electrons. The van der Waals surface area contributed by atoms with E-state index < -0.39 is 5.82 Å². The number of ketones is 1. The molecule has 4 nitrogen and oxygen atoms in total. The highest BCUT2D eigenvalue weighted by molar-refractivity contribution is 6.16. The second-order valence-electron chi connectivity index (χ2n) is 7.35. The predicted octanol–water partition coefficient (Wildman–Crippen LogP) is 5.87. The Balaban J connectivity index is 1.83. The van der Waals surface area contributed by atoms with Crippen LogP contribution in [0.3, 0.4) is 0 Å². The largest absolute Gasteiger partial charge is 0.489 e. The molecule has 0 saturated heterocycles. The van der Waals surface area contributed by atoms with Crippen molar-refractivity contribution >= 4 is 16.8 Å². The summed E-state index contributed by atoms with van der Waals surface area (Å²) in [6.07, 6.45) is 2.61. The second kappa shape index (κ2) is 10.4. The van der Waals surface area contributed by atoms with Crippen molar-refractivity contribution in [3.05, 3.63) is 65.2 Å². The molecular weight excluding hydrogens is 381 g/mol. The quantitative estimate of drug-likeness (QED) is 0.370. The van der Waals surface area contributed by atoms with E-state index in [1.807, 2.05) is 24.3 Å². The van der Waals surface area contributed by atoms with Gasteiger partial charge in [-0.05, 0) is 43.8 Å². The molecule has 5 heteroatoms. The maximum atomic E-state index is 14.6. The van der Waals surface area contributed by atoms with Crippen molar-refractivity contribution in [1.82, 2.24) is 4.90 Å². The summed E-state index contributed by atoms with van der Waals surface area (Å²) in [5.74, 6) is 0.0907. The maximum absolute atomic E-state index is 14.6. The van der Waals surface area contributed by atoms with Crippen molar-refractivity contribution in [2.45, 2.75) is 40.0 Å². The van der Waals surface area contributed by atoms with E-state index >= 15 is 0 Å². The van der Waals surface area contributed by atoms with Gasteiger partial charge in [-0.3, -0.25) is 4.79 Å². The molecule has 0 aliphatic carbocycles. The summed E-state index contributed by atoms with van der Waals surface area (Å²) in [4.78, 5) is 15.5. The van der Waals surface area contributed by atoms with Gasteiger partial charge in [-0.15, -0.1) is 0 Å². The number of rotatable bonds is 11. The van der Waals surface area contributed by atoms with E-state index in [0.717, 1.165) is 37.9 Å². The highest BCUT2D eigenvalue weighted by Gasteiger charge is 2.22. The Labute approximate surface area is 177 Å². The molecule has 2 aromatic carbocycles. The number of carbonyl (C=O) groups is 1. The standard InChI is InChI=1S/C25H30FNO3/c1-4-7-11-23-24(19-10-8-9-12-21(19)30-23)25(28)18-13-14-22(20(26)17-18)29-16-15-27(5-2)6-3/h8-10,12-14,17H,4-7,11,15-16H2,1-3H3. The van der Waals surface area contributed by atoms with Crippen molar-refractivity contribution in [3.63, 3.8) is 0 Å². The molecule has 0 fully saturated rings. The van der Waals surface area contributed by atoms with Crippen LogP contribution >= 0.6 is 0 Å². The van der Waals surface area contributed by atoms with E-state index in [1.54, 1.807) is 12.1 Å². The first-order valence-corrected chi connectivity index (χ1v) is 10.8. The number of likely N-dealkylation sites (N-methyl/N-ethyl adjacent to an activating group) is 1. The molecule has 3 rings (SSSR count). The van der Waals surface area contributed by atoms with Crippen LogP contribution in [-0.2, 0) is 6.42 Å². The van der Waals surface area contributed by atoms with Gasteiger partial charge in [0.2, 0.25) is 0 Å². The molecule has 0 N–H and O–H groups in total. The summed E-state index contributed by atoms with van der Waals surface area (Å²) in [6.45, 7) is 9.24. The van der Waals surface area contributed by atoms with Gasteiger partial charge in [0.15, 0.2) is 17.3 Å². The van der Waals surface area contributed by atoms with Crippen LogP contribution in [0.15, 0.2) is 46.9 Å². The molecule has 0 bridgehead atoms. The van der Waals surface area contributed by atoms with E-state index in [9.17, 15) is 9.18 Å². The fourth-order valence-corrected chi connectivity index (χ4v) is 3.59. The second-order valence-corrected chi connectivity index (χ2v) is 7.35. The minimum absolute atomic E-state index is 0.168. The zero-order valence-corrected chi connectivity index (χ0v) is 18.0. The van der Waals surface area contributed by atoms with Crippen LogP contribution < -0.4 is 4.74 Å². The first-order valence-electron chi connectivity index (χ1n) is 10.8. The Morgan fingerprint density at radius 2 is 1.87 bits per heavy atom. The first kappa shape index (κ1) is 22.0. The van der Waals surface area contributed by atoms with Gasteiger partial charge >= 0.3 is 0 Å². The summed E-state index contributed by atoms with van der Waals surface area (Å²) in [7, 11) is 0. The number of halogens is 1. The van der Waals surface area contributed by atoms with Gasteiger partial charge in [-0.2, -0.15) is 0 Å². The molecule has 160 valence electrons. The van der Waals surface area contributed by atoms with Gasteiger partial charge in [0.1, 0.15) is 18.0 Å². The summed E-state index contributed by atoms with van der Waals surface area (Å²) in [5.41, 5.74) is 1.52. The molecule has 0 amide bonds. The lowest BCUT2D eigenvalue weighted by Gasteiger charge is -2.18. The van der Waals surface area contributed by atoms with Crippen LogP contribution in [0.25, 0.3) is 11.0 Å². The van der Waals surface area contributed by atoms with Gasteiger partial charge in [-0.1, -0.05) is 45.4 Å². The molecule has 1 heterocycles. The number of nitrogens with zero attached hydrogens (tertiary/aromatic N) is 1. The maximum Gasteiger partial charge on any atom is 0.197 e. The third kappa shape index (κ3) is 4.90. The van der Waals surface area contributed by atoms with E-state index in [0.29, 0.717) is 35.5 Å². The number of carbonyl (C=O) groups excluding carboxylic acids is 1. The van der Waals surface area contributed by atoms with Gasteiger partial charge < -0.3 is 14.1 Å². The number of ether oxygens (including phenoxy) is 1. The first-order chi connectivity index (χ1) is 14.6. The smallest absolute Gasteiger partial charge is 0.197 e. The number of aryl methyl sites for hydroxylation is 1.